The van der Waals surface area contributed by atoms with Crippen LogP contribution in [0.25, 0.3) is 0 Å². The number of nitrogens with zero attached hydrogens (tertiary/aromatic N) is 2. The quantitative estimate of drug-likeness (QED) is 0.883. The highest BCUT2D eigenvalue weighted by Crippen LogP contribution is 2.20. The first kappa shape index (κ1) is 16.4. The molecule has 126 valence electrons. The fraction of sp³-hybridized carbons (Fsp3) is 0.389. The van der Waals surface area contributed by atoms with E-state index in [4.69, 9.17) is 4.74 Å². The van der Waals surface area contributed by atoms with Crippen molar-refractivity contribution in [2.45, 2.75) is 32.8 Å². The molecule has 2 N–H and O–H groups in total. The molecular weight excluding hydrogens is 304 g/mol. The number of amides is 1. The lowest BCUT2D eigenvalue weighted by Gasteiger charge is -2.12. The van der Waals surface area contributed by atoms with Gasteiger partial charge in [0.2, 0.25) is 0 Å². The third-order valence-corrected chi connectivity index (χ3v) is 4.06. The van der Waals surface area contributed by atoms with Gasteiger partial charge in [-0.1, -0.05) is 17.7 Å². The normalized spacial score (nSPS) is 16.8. The summed E-state index contributed by atoms with van der Waals surface area (Å²) in [5.41, 5.74) is 3.63. The van der Waals surface area contributed by atoms with Crippen LogP contribution in [-0.4, -0.2) is 35.1 Å². The standard InChI is InChI=1S/C18H22N4O2/c1-12-5-6-15(13(2)8-12)22-17-9-16(20-11-21-17)18(23)19-10-14-4-3-7-24-14/h5-6,8-9,11,14H,3-4,7,10H2,1-2H3,(H,19,23)(H,20,21,22). The van der Waals surface area contributed by atoms with Crippen LogP contribution in [0.5, 0.6) is 0 Å². The molecular formula is C18H22N4O2. The van der Waals surface area contributed by atoms with Crippen LogP contribution in [0.4, 0.5) is 11.5 Å². The Morgan fingerprint density at radius 2 is 2.17 bits per heavy atom. The molecule has 1 fully saturated rings. The van der Waals surface area contributed by atoms with E-state index in [0.29, 0.717) is 18.1 Å². The summed E-state index contributed by atoms with van der Waals surface area (Å²) in [5.74, 6) is 0.385. The minimum Gasteiger partial charge on any atom is -0.376 e. The van der Waals surface area contributed by atoms with E-state index < -0.39 is 0 Å². The van der Waals surface area contributed by atoms with E-state index in [0.717, 1.165) is 30.7 Å². The molecule has 6 heteroatoms. The van der Waals surface area contributed by atoms with Crippen LogP contribution >= 0.6 is 0 Å². The number of carbonyl (C=O) groups is 1. The zero-order valence-corrected chi connectivity index (χ0v) is 14.0. The van der Waals surface area contributed by atoms with Crippen molar-refractivity contribution in [3.63, 3.8) is 0 Å². The van der Waals surface area contributed by atoms with Gasteiger partial charge >= 0.3 is 0 Å². The molecule has 2 heterocycles. The van der Waals surface area contributed by atoms with Crippen LogP contribution in [0.1, 0.15) is 34.5 Å². The molecule has 3 rings (SSSR count). The summed E-state index contributed by atoms with van der Waals surface area (Å²) in [4.78, 5) is 20.5. The van der Waals surface area contributed by atoms with E-state index in [2.05, 4.69) is 33.6 Å². The first-order chi connectivity index (χ1) is 11.6. The van der Waals surface area contributed by atoms with Crippen LogP contribution in [-0.2, 0) is 4.74 Å². The molecule has 1 aliphatic rings. The van der Waals surface area contributed by atoms with Gasteiger partial charge in [-0.2, -0.15) is 0 Å². The van der Waals surface area contributed by atoms with Gasteiger partial charge in [-0.15, -0.1) is 0 Å². The number of nitrogens with one attached hydrogen (secondary N) is 2. The van der Waals surface area contributed by atoms with E-state index in [9.17, 15) is 4.79 Å². The number of hydrogen-bond acceptors (Lipinski definition) is 5. The first-order valence-electron chi connectivity index (χ1n) is 8.18. The lowest BCUT2D eigenvalue weighted by Crippen LogP contribution is -2.32. The number of ether oxygens (including phenoxy) is 1. The molecule has 0 saturated carbocycles. The molecule has 1 aromatic heterocycles. The van der Waals surface area contributed by atoms with E-state index in [1.54, 1.807) is 6.07 Å². The summed E-state index contributed by atoms with van der Waals surface area (Å²) in [6, 6.07) is 7.79. The van der Waals surface area contributed by atoms with Gasteiger partial charge in [0.05, 0.1) is 6.10 Å². The van der Waals surface area contributed by atoms with Crippen molar-refractivity contribution in [3.05, 3.63) is 47.4 Å². The summed E-state index contributed by atoms with van der Waals surface area (Å²) < 4.78 is 5.50. The molecule has 0 aliphatic carbocycles. The topological polar surface area (TPSA) is 76.1 Å². The SMILES string of the molecule is Cc1ccc(Nc2cc(C(=O)NCC3CCCO3)ncn2)c(C)c1. The van der Waals surface area contributed by atoms with Crippen LogP contribution < -0.4 is 10.6 Å². The Morgan fingerprint density at radius 3 is 2.92 bits per heavy atom. The molecule has 2 aromatic rings. The van der Waals surface area contributed by atoms with Gasteiger partial charge < -0.3 is 15.4 Å². The van der Waals surface area contributed by atoms with Crippen molar-refractivity contribution in [3.8, 4) is 0 Å². The van der Waals surface area contributed by atoms with Gasteiger partial charge in [-0.25, -0.2) is 9.97 Å². The molecule has 24 heavy (non-hydrogen) atoms. The maximum atomic E-state index is 12.2. The molecule has 1 unspecified atom stereocenters. The highest BCUT2D eigenvalue weighted by Gasteiger charge is 2.17. The number of aryl methyl sites for hydroxylation is 2. The van der Waals surface area contributed by atoms with Crippen LogP contribution in [0.15, 0.2) is 30.6 Å². The molecule has 1 aromatic carbocycles. The van der Waals surface area contributed by atoms with Gasteiger partial charge in [0, 0.05) is 24.9 Å². The Bertz CT molecular complexity index is 727. The number of aromatic nitrogens is 2. The second kappa shape index (κ2) is 7.40. The zero-order valence-electron chi connectivity index (χ0n) is 14.0. The van der Waals surface area contributed by atoms with Gasteiger partial charge in [0.15, 0.2) is 0 Å². The van der Waals surface area contributed by atoms with Crippen molar-refractivity contribution in [2.75, 3.05) is 18.5 Å². The second-order valence-electron chi connectivity index (χ2n) is 6.08. The van der Waals surface area contributed by atoms with Crippen molar-refractivity contribution < 1.29 is 9.53 Å². The third kappa shape index (κ3) is 4.08. The number of carbonyl (C=O) groups excluding carboxylic acids is 1. The minimum atomic E-state index is -0.212. The second-order valence-corrected chi connectivity index (χ2v) is 6.08. The summed E-state index contributed by atoms with van der Waals surface area (Å²) in [6.07, 6.45) is 3.55. The summed E-state index contributed by atoms with van der Waals surface area (Å²) >= 11 is 0. The van der Waals surface area contributed by atoms with Crippen molar-refractivity contribution >= 4 is 17.4 Å². The van der Waals surface area contributed by atoms with Crippen LogP contribution in [0.3, 0.4) is 0 Å². The number of rotatable bonds is 5. The van der Waals surface area contributed by atoms with Gasteiger partial charge in [-0.3, -0.25) is 4.79 Å². The fourth-order valence-corrected chi connectivity index (χ4v) is 2.74. The Hall–Kier alpha value is -2.47. The van der Waals surface area contributed by atoms with Crippen molar-refractivity contribution in [1.82, 2.24) is 15.3 Å². The minimum absolute atomic E-state index is 0.114. The summed E-state index contributed by atoms with van der Waals surface area (Å²) in [6.45, 7) is 5.38. The molecule has 0 spiro atoms. The molecule has 0 bridgehead atoms. The Balaban J connectivity index is 1.65. The number of hydrogen-bond donors (Lipinski definition) is 2. The van der Waals surface area contributed by atoms with E-state index >= 15 is 0 Å². The maximum absolute atomic E-state index is 12.2. The Labute approximate surface area is 141 Å². The Kier molecular flexibility index (Phi) is 5.05. The van der Waals surface area contributed by atoms with Crippen LogP contribution in [0, 0.1) is 13.8 Å². The third-order valence-electron chi connectivity index (χ3n) is 4.06. The van der Waals surface area contributed by atoms with E-state index in [1.807, 2.05) is 19.1 Å². The molecule has 6 nitrogen and oxygen atoms in total. The predicted octanol–water partition coefficient (Wildman–Crippen LogP) is 2.75. The lowest BCUT2D eigenvalue weighted by molar-refractivity contribution is 0.0853. The highest BCUT2D eigenvalue weighted by atomic mass is 16.5. The van der Waals surface area contributed by atoms with Crippen molar-refractivity contribution in [2.24, 2.45) is 0 Å². The Morgan fingerprint density at radius 1 is 1.29 bits per heavy atom. The van der Waals surface area contributed by atoms with Crippen LogP contribution in [0.2, 0.25) is 0 Å². The smallest absolute Gasteiger partial charge is 0.270 e. The maximum Gasteiger partial charge on any atom is 0.270 e. The molecule has 1 atom stereocenters. The number of anilines is 2. The molecule has 0 radical (unpaired) electrons. The first-order valence-corrected chi connectivity index (χ1v) is 8.18. The molecule has 1 saturated heterocycles. The van der Waals surface area contributed by atoms with Gasteiger partial charge in [0.25, 0.3) is 5.91 Å². The van der Waals surface area contributed by atoms with Gasteiger partial charge in [0.1, 0.15) is 17.8 Å². The van der Waals surface area contributed by atoms with E-state index in [-0.39, 0.29) is 12.0 Å². The average molecular weight is 326 g/mol. The average Bonchev–Trinajstić information content (AvgIpc) is 3.09. The lowest BCUT2D eigenvalue weighted by atomic mass is 10.1. The molecule has 1 aliphatic heterocycles. The van der Waals surface area contributed by atoms with Gasteiger partial charge in [-0.05, 0) is 38.3 Å². The monoisotopic (exact) mass is 326 g/mol. The summed E-state index contributed by atoms with van der Waals surface area (Å²) in [5, 5.41) is 6.10. The van der Waals surface area contributed by atoms with Crippen molar-refractivity contribution in [1.29, 1.82) is 0 Å². The molecule has 1 amide bonds. The summed E-state index contributed by atoms with van der Waals surface area (Å²) in [7, 11) is 0. The zero-order chi connectivity index (χ0) is 16.9. The largest absolute Gasteiger partial charge is 0.376 e. The van der Waals surface area contributed by atoms with E-state index in [1.165, 1.54) is 11.9 Å². The highest BCUT2D eigenvalue weighted by molar-refractivity contribution is 5.93. The predicted molar refractivity (Wildman–Crippen MR) is 92.5 cm³/mol. The number of benzene rings is 1. The fourth-order valence-electron chi connectivity index (χ4n) is 2.74.